The zero-order valence-corrected chi connectivity index (χ0v) is 8.85. The van der Waals surface area contributed by atoms with Crippen molar-refractivity contribution in [3.8, 4) is 0 Å². The summed E-state index contributed by atoms with van der Waals surface area (Å²) in [5, 5.41) is 0. The highest BCUT2D eigenvalue weighted by Gasteiger charge is 2.27. The Bertz CT molecular complexity index is 289. The summed E-state index contributed by atoms with van der Waals surface area (Å²) in [6.07, 6.45) is 3.42. The molecule has 1 saturated heterocycles. The monoisotopic (exact) mass is 211 g/mol. The molecule has 1 aliphatic heterocycles. The molecule has 2 unspecified atom stereocenters. The average Bonchev–Trinajstić information content (AvgIpc) is 2.72. The van der Waals surface area contributed by atoms with Crippen molar-refractivity contribution in [1.82, 2.24) is 10.3 Å². The Morgan fingerprint density at radius 3 is 3.13 bits per heavy atom. The molecule has 5 nitrogen and oxygen atoms in total. The van der Waals surface area contributed by atoms with E-state index in [0.29, 0.717) is 0 Å². The molecule has 15 heavy (non-hydrogen) atoms. The molecular formula is C10H17N3O2. The number of rotatable bonds is 3. The predicted octanol–water partition coefficient (Wildman–Crippen LogP) is 0.115. The van der Waals surface area contributed by atoms with Gasteiger partial charge in [0.1, 0.15) is 0 Å². The molecule has 0 radical (unpaired) electrons. The number of hydrogen-bond acceptors (Lipinski definition) is 5. The van der Waals surface area contributed by atoms with Crippen LogP contribution in [0.4, 0.5) is 0 Å². The Labute approximate surface area is 89.1 Å². The predicted molar refractivity (Wildman–Crippen MR) is 56.0 cm³/mol. The van der Waals surface area contributed by atoms with E-state index in [4.69, 9.17) is 15.0 Å². The Hall–Kier alpha value is -0.880. The van der Waals surface area contributed by atoms with E-state index >= 15 is 0 Å². The van der Waals surface area contributed by atoms with Crippen LogP contribution in [0.15, 0.2) is 23.0 Å². The summed E-state index contributed by atoms with van der Waals surface area (Å²) in [6, 6.07) is 1.90. The SMILES string of the molecule is CN1CCOC(C(NN)c2ccoc2)C1. The summed E-state index contributed by atoms with van der Waals surface area (Å²) in [5.74, 6) is 5.55. The van der Waals surface area contributed by atoms with E-state index in [9.17, 15) is 0 Å². The lowest BCUT2D eigenvalue weighted by Gasteiger charge is -2.34. The molecule has 1 aromatic rings. The van der Waals surface area contributed by atoms with Gasteiger partial charge in [-0.1, -0.05) is 0 Å². The zero-order chi connectivity index (χ0) is 10.7. The molecule has 0 amide bonds. The van der Waals surface area contributed by atoms with Crippen LogP contribution in [0.1, 0.15) is 11.6 Å². The minimum absolute atomic E-state index is 0.00787. The van der Waals surface area contributed by atoms with Gasteiger partial charge < -0.3 is 14.1 Å². The van der Waals surface area contributed by atoms with Crippen molar-refractivity contribution in [1.29, 1.82) is 0 Å². The number of nitrogens with zero attached hydrogens (tertiary/aromatic N) is 1. The first-order valence-electron chi connectivity index (χ1n) is 5.09. The largest absolute Gasteiger partial charge is 0.472 e. The third-order valence-corrected chi connectivity index (χ3v) is 2.75. The van der Waals surface area contributed by atoms with E-state index in [2.05, 4.69) is 17.4 Å². The van der Waals surface area contributed by atoms with Gasteiger partial charge in [0.2, 0.25) is 0 Å². The molecule has 1 fully saturated rings. The highest BCUT2D eigenvalue weighted by atomic mass is 16.5. The minimum atomic E-state index is -0.00787. The second kappa shape index (κ2) is 4.76. The van der Waals surface area contributed by atoms with E-state index in [-0.39, 0.29) is 12.1 Å². The third kappa shape index (κ3) is 2.38. The maximum atomic E-state index is 5.70. The summed E-state index contributed by atoms with van der Waals surface area (Å²) in [6.45, 7) is 2.59. The lowest BCUT2D eigenvalue weighted by atomic mass is 10.0. The molecule has 3 N–H and O–H groups in total. The molecule has 0 saturated carbocycles. The van der Waals surface area contributed by atoms with Gasteiger partial charge >= 0.3 is 0 Å². The number of morpholine rings is 1. The Morgan fingerprint density at radius 2 is 2.53 bits per heavy atom. The van der Waals surface area contributed by atoms with Gasteiger partial charge in [0.25, 0.3) is 0 Å². The van der Waals surface area contributed by atoms with Crippen molar-refractivity contribution in [3.63, 3.8) is 0 Å². The van der Waals surface area contributed by atoms with E-state index in [1.54, 1.807) is 12.5 Å². The molecule has 1 aliphatic rings. The van der Waals surface area contributed by atoms with Crippen molar-refractivity contribution >= 4 is 0 Å². The van der Waals surface area contributed by atoms with E-state index < -0.39 is 0 Å². The van der Waals surface area contributed by atoms with Crippen LogP contribution in [0, 0.1) is 0 Å². The fourth-order valence-corrected chi connectivity index (χ4v) is 1.88. The van der Waals surface area contributed by atoms with Crippen LogP contribution in [-0.4, -0.2) is 37.7 Å². The van der Waals surface area contributed by atoms with Crippen molar-refractivity contribution in [2.24, 2.45) is 5.84 Å². The first-order chi connectivity index (χ1) is 7.31. The molecule has 0 bridgehead atoms. The number of nitrogens with one attached hydrogen (secondary N) is 1. The highest BCUT2D eigenvalue weighted by molar-refractivity contribution is 5.13. The zero-order valence-electron chi connectivity index (χ0n) is 8.85. The summed E-state index contributed by atoms with van der Waals surface area (Å²) < 4.78 is 10.7. The van der Waals surface area contributed by atoms with Gasteiger partial charge in [-0.2, -0.15) is 0 Å². The fourth-order valence-electron chi connectivity index (χ4n) is 1.88. The third-order valence-electron chi connectivity index (χ3n) is 2.75. The molecule has 84 valence electrons. The molecule has 2 atom stereocenters. The summed E-state index contributed by atoms with van der Waals surface area (Å²) in [4.78, 5) is 2.23. The van der Waals surface area contributed by atoms with Gasteiger partial charge in [0, 0.05) is 18.7 Å². The summed E-state index contributed by atoms with van der Waals surface area (Å²) in [5.41, 5.74) is 3.81. The van der Waals surface area contributed by atoms with Crippen molar-refractivity contribution in [3.05, 3.63) is 24.2 Å². The van der Waals surface area contributed by atoms with Crippen LogP contribution >= 0.6 is 0 Å². The Kier molecular flexibility index (Phi) is 3.37. The lowest BCUT2D eigenvalue weighted by molar-refractivity contribution is -0.0393. The molecule has 0 aliphatic carbocycles. The molecule has 2 heterocycles. The van der Waals surface area contributed by atoms with Gasteiger partial charge in [-0.25, -0.2) is 0 Å². The quantitative estimate of drug-likeness (QED) is 0.549. The number of hydrazine groups is 1. The molecule has 0 spiro atoms. The number of hydrogen-bond donors (Lipinski definition) is 2. The van der Waals surface area contributed by atoms with Crippen LogP contribution in [0.2, 0.25) is 0 Å². The number of nitrogens with two attached hydrogens (primary N) is 1. The minimum Gasteiger partial charge on any atom is -0.472 e. The highest BCUT2D eigenvalue weighted by Crippen LogP contribution is 2.21. The van der Waals surface area contributed by atoms with Crippen LogP contribution in [0.3, 0.4) is 0 Å². The number of likely N-dealkylation sites (N-methyl/N-ethyl adjacent to an activating group) is 1. The fraction of sp³-hybridized carbons (Fsp3) is 0.600. The molecule has 0 aromatic carbocycles. The average molecular weight is 211 g/mol. The van der Waals surface area contributed by atoms with E-state index in [1.807, 2.05) is 6.07 Å². The summed E-state index contributed by atoms with van der Waals surface area (Å²) in [7, 11) is 2.08. The van der Waals surface area contributed by atoms with Crippen LogP contribution in [-0.2, 0) is 4.74 Å². The first-order valence-corrected chi connectivity index (χ1v) is 5.09. The standard InChI is InChI=1S/C10H17N3O2/c1-13-3-5-15-9(6-13)10(12-11)8-2-4-14-7-8/h2,4,7,9-10,12H,3,5-6,11H2,1H3. The first kappa shape index (κ1) is 10.6. The van der Waals surface area contributed by atoms with E-state index in [0.717, 1.165) is 25.3 Å². The molecule has 2 rings (SSSR count). The number of furan rings is 1. The second-order valence-electron chi connectivity index (χ2n) is 3.87. The van der Waals surface area contributed by atoms with Crippen molar-refractivity contribution in [2.45, 2.75) is 12.1 Å². The lowest BCUT2D eigenvalue weighted by Crippen LogP contribution is -2.48. The van der Waals surface area contributed by atoms with Gasteiger partial charge in [0.05, 0.1) is 31.3 Å². The number of ether oxygens (including phenoxy) is 1. The molecular weight excluding hydrogens is 194 g/mol. The Balaban J connectivity index is 2.06. The summed E-state index contributed by atoms with van der Waals surface area (Å²) >= 11 is 0. The van der Waals surface area contributed by atoms with Crippen LogP contribution in [0.25, 0.3) is 0 Å². The van der Waals surface area contributed by atoms with Gasteiger partial charge in [-0.15, -0.1) is 0 Å². The van der Waals surface area contributed by atoms with Crippen molar-refractivity contribution < 1.29 is 9.15 Å². The van der Waals surface area contributed by atoms with Crippen LogP contribution < -0.4 is 11.3 Å². The smallest absolute Gasteiger partial charge is 0.0951 e. The Morgan fingerprint density at radius 1 is 1.67 bits per heavy atom. The van der Waals surface area contributed by atoms with Gasteiger partial charge in [-0.3, -0.25) is 11.3 Å². The van der Waals surface area contributed by atoms with E-state index in [1.165, 1.54) is 0 Å². The van der Waals surface area contributed by atoms with Gasteiger partial charge in [-0.05, 0) is 13.1 Å². The maximum absolute atomic E-state index is 5.70. The normalized spacial score (nSPS) is 25.3. The molecule has 1 aromatic heterocycles. The maximum Gasteiger partial charge on any atom is 0.0951 e. The topological polar surface area (TPSA) is 63.7 Å². The second-order valence-corrected chi connectivity index (χ2v) is 3.87. The van der Waals surface area contributed by atoms with Crippen molar-refractivity contribution in [2.75, 3.05) is 26.7 Å². The molecule has 5 heteroatoms. The van der Waals surface area contributed by atoms with Gasteiger partial charge in [0.15, 0.2) is 0 Å². The van der Waals surface area contributed by atoms with Crippen LogP contribution in [0.5, 0.6) is 0 Å².